The summed E-state index contributed by atoms with van der Waals surface area (Å²) >= 11 is 6.24. The number of nitrogens with zero attached hydrogens (tertiary/aromatic N) is 3. The number of carbonyl (C=O) groups is 1. The van der Waals surface area contributed by atoms with Gasteiger partial charge in [-0.15, -0.1) is 0 Å². The maximum atomic E-state index is 13.8. The van der Waals surface area contributed by atoms with Gasteiger partial charge in [-0.3, -0.25) is 9.48 Å². The Hall–Kier alpha value is -3.59. The maximum Gasteiger partial charge on any atom is 0.418 e. The van der Waals surface area contributed by atoms with Gasteiger partial charge in [0, 0.05) is 41.2 Å². The quantitative estimate of drug-likeness (QED) is 0.183. The Balaban J connectivity index is 1.53. The minimum Gasteiger partial charge on any atom is -0.469 e. The number of piperidine rings is 1. The number of fused-ring (bicyclic) bond motifs is 1. The molecule has 1 aliphatic rings. The molecule has 0 aliphatic carbocycles. The molecule has 4 aromatic rings. The average molecular weight is 560 g/mol. The molecule has 10 heteroatoms. The predicted molar refractivity (Wildman–Crippen MR) is 142 cm³/mol. The van der Waals surface area contributed by atoms with E-state index in [2.05, 4.69) is 10.00 Å². The number of benzene rings is 3. The van der Waals surface area contributed by atoms with Gasteiger partial charge in [0.05, 0.1) is 24.9 Å². The van der Waals surface area contributed by atoms with E-state index < -0.39 is 17.6 Å². The molecule has 5 nitrogen and oxygen atoms in total. The van der Waals surface area contributed by atoms with Crippen LogP contribution >= 0.6 is 11.6 Å². The summed E-state index contributed by atoms with van der Waals surface area (Å²) in [7, 11) is 1.39. The van der Waals surface area contributed by atoms with E-state index in [0.717, 1.165) is 31.1 Å². The van der Waals surface area contributed by atoms with Gasteiger partial charge in [0.1, 0.15) is 11.3 Å². The van der Waals surface area contributed by atoms with Gasteiger partial charge in [-0.1, -0.05) is 41.9 Å². The molecule has 0 amide bonds. The van der Waals surface area contributed by atoms with Crippen LogP contribution in [0.1, 0.15) is 30.4 Å². The van der Waals surface area contributed by atoms with E-state index in [1.807, 2.05) is 24.3 Å². The van der Waals surface area contributed by atoms with E-state index in [9.17, 15) is 22.4 Å². The van der Waals surface area contributed by atoms with Gasteiger partial charge in [0.2, 0.25) is 0 Å². The summed E-state index contributed by atoms with van der Waals surface area (Å²) in [5.74, 6) is -0.537. The molecule has 204 valence electrons. The van der Waals surface area contributed by atoms with Crippen LogP contribution in [0, 0.1) is 11.7 Å². The molecule has 0 unspecified atom stereocenters. The fraction of sp³-hybridized carbons (Fsp3) is 0.310. The smallest absolute Gasteiger partial charge is 0.418 e. The Kier molecular flexibility index (Phi) is 7.53. The highest BCUT2D eigenvalue weighted by Crippen LogP contribution is 2.39. The molecule has 0 radical (unpaired) electrons. The Bertz CT molecular complexity index is 1500. The van der Waals surface area contributed by atoms with Crippen LogP contribution in [0.5, 0.6) is 0 Å². The average Bonchev–Trinajstić information content (AvgIpc) is 3.27. The molecule has 0 spiro atoms. The van der Waals surface area contributed by atoms with Gasteiger partial charge >= 0.3 is 12.1 Å². The number of ether oxygens (including phenoxy) is 1. The molecule has 2 heterocycles. The van der Waals surface area contributed by atoms with Crippen LogP contribution in [0.3, 0.4) is 0 Å². The van der Waals surface area contributed by atoms with Crippen molar-refractivity contribution in [3.8, 4) is 11.3 Å². The molecule has 5 rings (SSSR count). The minimum atomic E-state index is -4.58. The van der Waals surface area contributed by atoms with E-state index in [0.29, 0.717) is 35.2 Å². The van der Waals surface area contributed by atoms with Crippen LogP contribution in [0.25, 0.3) is 22.2 Å². The molecule has 1 fully saturated rings. The lowest BCUT2D eigenvalue weighted by molar-refractivity contribution is -0.141. The summed E-state index contributed by atoms with van der Waals surface area (Å²) in [6.45, 7) is 1.62. The summed E-state index contributed by atoms with van der Waals surface area (Å²) in [6.07, 6.45) is -2.33. The second-order valence-electron chi connectivity index (χ2n) is 9.72. The van der Waals surface area contributed by atoms with E-state index in [1.54, 1.807) is 6.07 Å². The summed E-state index contributed by atoms with van der Waals surface area (Å²) in [5.41, 5.74) is 1.69. The van der Waals surface area contributed by atoms with Gasteiger partial charge in [-0.25, -0.2) is 4.39 Å². The molecule has 1 aromatic heterocycles. The normalized spacial score (nSPS) is 16.1. The predicted octanol–water partition coefficient (Wildman–Crippen LogP) is 7.34. The van der Waals surface area contributed by atoms with Crippen molar-refractivity contribution in [2.45, 2.75) is 32.0 Å². The summed E-state index contributed by atoms with van der Waals surface area (Å²) in [4.78, 5) is 14.0. The number of aromatic nitrogens is 2. The van der Waals surface area contributed by atoms with E-state index in [4.69, 9.17) is 16.3 Å². The van der Waals surface area contributed by atoms with Crippen LogP contribution in [0.15, 0.2) is 60.7 Å². The summed E-state index contributed by atoms with van der Waals surface area (Å²) in [5, 5.41) is 4.88. The zero-order valence-electron chi connectivity index (χ0n) is 21.1. The zero-order chi connectivity index (χ0) is 27.7. The largest absolute Gasteiger partial charge is 0.469 e. The Labute approximate surface area is 227 Å². The number of carbonyl (C=O) groups excluding carboxylic acids is 1. The van der Waals surface area contributed by atoms with Crippen LogP contribution in [-0.4, -0.2) is 35.9 Å². The van der Waals surface area contributed by atoms with Gasteiger partial charge in [0.25, 0.3) is 0 Å². The van der Waals surface area contributed by atoms with E-state index >= 15 is 0 Å². The fourth-order valence-electron chi connectivity index (χ4n) is 5.23. The van der Waals surface area contributed by atoms with Crippen molar-refractivity contribution < 1.29 is 27.1 Å². The molecule has 1 atom stereocenters. The summed E-state index contributed by atoms with van der Waals surface area (Å²) in [6, 6.07) is 15.5. The van der Waals surface area contributed by atoms with Gasteiger partial charge in [-0.2, -0.15) is 18.3 Å². The highest BCUT2D eigenvalue weighted by molar-refractivity contribution is 6.31. The maximum absolute atomic E-state index is 13.8. The molecule has 1 saturated heterocycles. The molecule has 0 N–H and O–H groups in total. The number of hydrogen-bond donors (Lipinski definition) is 0. The van der Waals surface area contributed by atoms with Gasteiger partial charge < -0.3 is 9.64 Å². The first kappa shape index (κ1) is 27.0. The van der Waals surface area contributed by atoms with Crippen molar-refractivity contribution in [2.24, 2.45) is 5.92 Å². The standard InChI is InChI=1S/C29H26ClF4N3O2/c1-39-26(38)14-18-4-3-13-36(16-18)22-11-8-19(9-12-22)28-23-5-2-6-24(29(32,33)34)27(23)35-37(28)17-20-7-10-21(31)15-25(20)30/h2,5-12,15,18H,3-4,13-14,16-17H2,1H3/t18-/m1/s1. The summed E-state index contributed by atoms with van der Waals surface area (Å²) < 4.78 is 61.5. The SMILES string of the molecule is COC(=O)C[C@H]1CCCN(c2ccc(-c3c4cccc(C(F)(F)F)c4nn3Cc3ccc(F)cc3Cl)cc2)C1. The molecular formula is C29H26ClF4N3O2. The second-order valence-corrected chi connectivity index (χ2v) is 10.1. The molecule has 1 aliphatic heterocycles. The number of methoxy groups -OCH3 is 1. The lowest BCUT2D eigenvalue weighted by atomic mass is 9.94. The van der Waals surface area contributed by atoms with E-state index in [-0.39, 0.29) is 29.0 Å². The first-order valence-corrected chi connectivity index (χ1v) is 12.9. The highest BCUT2D eigenvalue weighted by Gasteiger charge is 2.34. The Morgan fingerprint density at radius 1 is 1.13 bits per heavy atom. The number of hydrogen-bond acceptors (Lipinski definition) is 4. The molecule has 0 bridgehead atoms. The van der Waals surface area contributed by atoms with Crippen molar-refractivity contribution in [3.63, 3.8) is 0 Å². The van der Waals surface area contributed by atoms with Gasteiger partial charge in [-0.05, 0) is 54.7 Å². The van der Waals surface area contributed by atoms with Gasteiger partial charge in [0.15, 0.2) is 0 Å². The van der Waals surface area contributed by atoms with Crippen LogP contribution in [0.4, 0.5) is 23.2 Å². The van der Waals surface area contributed by atoms with Crippen molar-refractivity contribution >= 4 is 34.2 Å². The first-order chi connectivity index (χ1) is 18.6. The number of alkyl halides is 3. The van der Waals surface area contributed by atoms with Crippen LogP contribution in [0.2, 0.25) is 5.02 Å². The third kappa shape index (κ3) is 5.73. The molecule has 3 aromatic carbocycles. The number of esters is 1. The fourth-order valence-corrected chi connectivity index (χ4v) is 5.45. The van der Waals surface area contributed by atoms with Crippen molar-refractivity contribution in [2.75, 3.05) is 25.1 Å². The van der Waals surface area contributed by atoms with Crippen molar-refractivity contribution in [3.05, 3.63) is 82.6 Å². The third-order valence-electron chi connectivity index (χ3n) is 7.12. The molecule has 0 saturated carbocycles. The number of anilines is 1. The second kappa shape index (κ2) is 10.9. The minimum absolute atomic E-state index is 0.0590. The number of rotatable bonds is 6. The number of halogens is 5. The van der Waals surface area contributed by atoms with E-state index in [1.165, 1.54) is 36.1 Å². The van der Waals surface area contributed by atoms with Crippen LogP contribution < -0.4 is 4.90 Å². The topological polar surface area (TPSA) is 47.4 Å². The third-order valence-corrected chi connectivity index (χ3v) is 7.47. The lowest BCUT2D eigenvalue weighted by Crippen LogP contribution is -2.36. The van der Waals surface area contributed by atoms with Crippen molar-refractivity contribution in [1.29, 1.82) is 0 Å². The lowest BCUT2D eigenvalue weighted by Gasteiger charge is -2.34. The zero-order valence-corrected chi connectivity index (χ0v) is 21.9. The first-order valence-electron chi connectivity index (χ1n) is 12.6. The monoisotopic (exact) mass is 559 g/mol. The van der Waals surface area contributed by atoms with Crippen molar-refractivity contribution in [1.82, 2.24) is 9.78 Å². The Morgan fingerprint density at radius 2 is 1.90 bits per heavy atom. The molecular weight excluding hydrogens is 534 g/mol. The Morgan fingerprint density at radius 3 is 2.59 bits per heavy atom. The molecule has 39 heavy (non-hydrogen) atoms. The van der Waals surface area contributed by atoms with Crippen LogP contribution in [-0.2, 0) is 22.3 Å². The highest BCUT2D eigenvalue weighted by atomic mass is 35.5.